The summed E-state index contributed by atoms with van der Waals surface area (Å²) in [4.78, 5) is 2.00. The van der Waals surface area contributed by atoms with Crippen LogP contribution in [0.4, 0.5) is 0 Å². The maximum Gasteiger partial charge on any atom is 0.211 e. The van der Waals surface area contributed by atoms with Gasteiger partial charge in [0.2, 0.25) is 4.91 Å². The van der Waals surface area contributed by atoms with Crippen molar-refractivity contribution in [1.29, 1.82) is 11.1 Å². The van der Waals surface area contributed by atoms with Crippen molar-refractivity contribution in [3.63, 3.8) is 0 Å². The van der Waals surface area contributed by atoms with Crippen LogP contribution >= 0.6 is 12.6 Å². The van der Waals surface area contributed by atoms with E-state index >= 15 is 0 Å². The van der Waals surface area contributed by atoms with Crippen molar-refractivity contribution in [2.45, 2.75) is 0 Å². The molecular weight excluding hydrogens is 110 g/mol. The molecule has 0 aliphatic carbocycles. The van der Waals surface area contributed by atoms with E-state index in [1.165, 1.54) is 0 Å². The zero-order chi connectivity index (χ0) is 6.12. The quantitative estimate of drug-likeness (QED) is 0.201. The molecule has 0 bridgehead atoms. The first-order valence-corrected chi connectivity index (χ1v) is 2.21. The molecule has 2 N–H and O–H groups in total. The van der Waals surface area contributed by atoms with E-state index in [0.717, 1.165) is 5.75 Å². The standard InChI is InChI=1S/C3H6S.H2N3/c1-2-3-4;1-3-2/h2,4H,1,3H2;1-2H/q;+1. The molecule has 0 aromatic rings. The van der Waals surface area contributed by atoms with Crippen molar-refractivity contribution < 1.29 is 0 Å². The molecule has 0 amide bonds. The Morgan fingerprint density at radius 1 is 1.71 bits per heavy atom. The fraction of sp³-hybridized carbons (Fsp3) is 0.333. The average molecular weight is 118 g/mol. The summed E-state index contributed by atoms with van der Waals surface area (Å²) in [5.74, 6) is 0.778. The largest absolute Gasteiger partial charge is 0.211 e. The Kier molecular flexibility index (Phi) is 25.0. The lowest BCUT2D eigenvalue weighted by Gasteiger charge is -1.57. The fourth-order valence-corrected chi connectivity index (χ4v) is 0. The second-order valence-electron chi connectivity index (χ2n) is 0.583. The van der Waals surface area contributed by atoms with Crippen molar-refractivity contribution in [2.75, 3.05) is 5.75 Å². The van der Waals surface area contributed by atoms with Crippen LogP contribution in [-0.2, 0) is 0 Å². The highest BCUT2D eigenvalue weighted by Gasteiger charge is 1.45. The Morgan fingerprint density at radius 2 is 1.86 bits per heavy atom. The summed E-state index contributed by atoms with van der Waals surface area (Å²) >= 11 is 3.80. The minimum Gasteiger partial charge on any atom is -0.175 e. The van der Waals surface area contributed by atoms with E-state index < -0.39 is 0 Å². The van der Waals surface area contributed by atoms with Crippen LogP contribution < -0.4 is 4.91 Å². The molecular formula is C3H8N3S+. The summed E-state index contributed by atoms with van der Waals surface area (Å²) in [6, 6.07) is 0. The summed E-state index contributed by atoms with van der Waals surface area (Å²) < 4.78 is 0. The molecule has 0 radical (unpaired) electrons. The summed E-state index contributed by atoms with van der Waals surface area (Å²) in [5, 5.41) is 0. The molecule has 0 heterocycles. The van der Waals surface area contributed by atoms with E-state index in [2.05, 4.69) is 19.2 Å². The zero-order valence-corrected chi connectivity index (χ0v) is 4.78. The Labute approximate surface area is 47.9 Å². The molecule has 0 saturated carbocycles. The van der Waals surface area contributed by atoms with Crippen LogP contribution in [0.3, 0.4) is 0 Å². The van der Waals surface area contributed by atoms with Crippen molar-refractivity contribution in [1.82, 2.24) is 4.91 Å². The third kappa shape index (κ3) is 390. The Balaban J connectivity index is 0. The van der Waals surface area contributed by atoms with E-state index in [-0.39, 0.29) is 0 Å². The van der Waals surface area contributed by atoms with Gasteiger partial charge < -0.3 is 0 Å². The van der Waals surface area contributed by atoms with Crippen LogP contribution in [0.15, 0.2) is 12.7 Å². The minimum atomic E-state index is 0.778. The second kappa shape index (κ2) is 18.2. The smallest absolute Gasteiger partial charge is 0.175 e. The lowest BCUT2D eigenvalue weighted by Crippen LogP contribution is -1.45. The van der Waals surface area contributed by atoms with Gasteiger partial charge in [-0.2, -0.15) is 12.6 Å². The molecule has 4 heteroatoms. The molecule has 40 valence electrons. The number of nitrogens with one attached hydrogen (secondary N) is 2. The predicted molar refractivity (Wildman–Crippen MR) is 31.6 cm³/mol. The highest BCUT2D eigenvalue weighted by atomic mass is 32.1. The van der Waals surface area contributed by atoms with Crippen LogP contribution in [0.25, 0.3) is 0 Å². The predicted octanol–water partition coefficient (Wildman–Crippen LogP) is 1.22. The van der Waals surface area contributed by atoms with Gasteiger partial charge in [0.1, 0.15) is 11.1 Å². The fourth-order valence-electron chi connectivity index (χ4n) is 0. The van der Waals surface area contributed by atoms with Crippen LogP contribution in [-0.4, -0.2) is 5.75 Å². The van der Waals surface area contributed by atoms with Crippen LogP contribution in [0.1, 0.15) is 0 Å². The van der Waals surface area contributed by atoms with Crippen molar-refractivity contribution >= 4 is 12.6 Å². The van der Waals surface area contributed by atoms with Gasteiger partial charge in [0.25, 0.3) is 0 Å². The molecule has 7 heavy (non-hydrogen) atoms. The number of rotatable bonds is 1. The van der Waals surface area contributed by atoms with E-state index in [1.807, 2.05) is 4.91 Å². The molecule has 3 nitrogen and oxygen atoms in total. The first-order chi connectivity index (χ1) is 3.33. The molecule has 0 unspecified atom stereocenters. The maximum atomic E-state index is 5.50. The lowest BCUT2D eigenvalue weighted by molar-refractivity contribution is 0.928. The summed E-state index contributed by atoms with van der Waals surface area (Å²) in [6.07, 6.45) is 1.74. The van der Waals surface area contributed by atoms with Crippen LogP contribution in [0.2, 0.25) is 0 Å². The number of thiol groups is 1. The van der Waals surface area contributed by atoms with Crippen molar-refractivity contribution in [3.8, 4) is 0 Å². The normalized spacial score (nSPS) is 4.71. The first kappa shape index (κ1) is 9.64. The third-order valence-electron chi connectivity index (χ3n) is 0.129. The third-order valence-corrected chi connectivity index (χ3v) is 0.387. The molecule has 0 saturated heterocycles. The van der Waals surface area contributed by atoms with Gasteiger partial charge in [-0.1, -0.05) is 6.08 Å². The highest BCUT2D eigenvalue weighted by Crippen LogP contribution is 1.65. The number of nitrogens with zero attached hydrogens (tertiary/aromatic N) is 1. The number of hydrogen-bond acceptors (Lipinski definition) is 3. The molecule has 0 atom stereocenters. The van der Waals surface area contributed by atoms with Gasteiger partial charge in [-0.25, -0.2) is 0 Å². The highest BCUT2D eigenvalue weighted by molar-refractivity contribution is 7.80. The van der Waals surface area contributed by atoms with E-state index in [1.54, 1.807) is 6.08 Å². The molecule has 0 aromatic heterocycles. The summed E-state index contributed by atoms with van der Waals surface area (Å²) in [6.45, 7) is 3.40. The molecule has 0 aliphatic heterocycles. The Morgan fingerprint density at radius 3 is 1.86 bits per heavy atom. The summed E-state index contributed by atoms with van der Waals surface area (Å²) in [7, 11) is 0. The van der Waals surface area contributed by atoms with Gasteiger partial charge in [-0.05, 0) is 0 Å². The van der Waals surface area contributed by atoms with Gasteiger partial charge >= 0.3 is 0 Å². The summed E-state index contributed by atoms with van der Waals surface area (Å²) in [5.41, 5.74) is 11.0. The van der Waals surface area contributed by atoms with Crippen molar-refractivity contribution in [3.05, 3.63) is 12.7 Å². The van der Waals surface area contributed by atoms with Crippen LogP contribution in [0, 0.1) is 11.1 Å². The van der Waals surface area contributed by atoms with Gasteiger partial charge in [-0.3, -0.25) is 0 Å². The van der Waals surface area contributed by atoms with E-state index in [9.17, 15) is 0 Å². The number of hydrogen-bond donors (Lipinski definition) is 3. The van der Waals surface area contributed by atoms with Gasteiger partial charge in [-0.15, -0.1) is 6.58 Å². The van der Waals surface area contributed by atoms with Crippen molar-refractivity contribution in [2.24, 2.45) is 0 Å². The SMILES string of the molecule is C=CCS.N=[N+]=N. The monoisotopic (exact) mass is 118 g/mol. The van der Waals surface area contributed by atoms with Gasteiger partial charge in [0.05, 0.1) is 0 Å². The topological polar surface area (TPSA) is 61.8 Å². The molecule has 0 fully saturated rings. The Hall–Kier alpha value is -0.600. The van der Waals surface area contributed by atoms with E-state index in [0.29, 0.717) is 0 Å². The van der Waals surface area contributed by atoms with Gasteiger partial charge in [0, 0.05) is 5.75 Å². The van der Waals surface area contributed by atoms with Crippen LogP contribution in [0.5, 0.6) is 0 Å². The second-order valence-corrected chi connectivity index (χ2v) is 0.948. The molecule has 0 rings (SSSR count). The maximum absolute atomic E-state index is 5.50. The Bertz CT molecular complexity index is 64.6. The zero-order valence-electron chi connectivity index (χ0n) is 3.89. The van der Waals surface area contributed by atoms with E-state index in [4.69, 9.17) is 11.1 Å². The lowest BCUT2D eigenvalue weighted by atomic mass is 10.8. The van der Waals surface area contributed by atoms with Gasteiger partial charge in [0.15, 0.2) is 0 Å². The first-order valence-electron chi connectivity index (χ1n) is 1.58. The average Bonchev–Trinajstić information content (AvgIpc) is 1.69. The minimum absolute atomic E-state index is 0.778. The molecule has 0 spiro atoms. The molecule has 0 aromatic carbocycles. The molecule has 0 aliphatic rings.